The van der Waals surface area contributed by atoms with Crippen LogP contribution in [0.15, 0.2) is 30.9 Å². The molecule has 0 saturated carbocycles. The normalized spacial score (nSPS) is 21.3. The van der Waals surface area contributed by atoms with E-state index in [2.05, 4.69) is 6.58 Å². The first-order valence-corrected chi connectivity index (χ1v) is 7.57. The molecule has 2 N–H and O–H groups in total. The highest BCUT2D eigenvalue weighted by molar-refractivity contribution is 7.99. The zero-order chi connectivity index (χ0) is 15.6. The molecule has 2 rings (SSSR count). The topological polar surface area (TPSA) is 77.8 Å². The van der Waals surface area contributed by atoms with Gasteiger partial charge in [-0.1, -0.05) is 24.3 Å². The summed E-state index contributed by atoms with van der Waals surface area (Å²) >= 11 is 1.35. The number of hydrogen-bond donors (Lipinski definition) is 2. The Labute approximate surface area is 127 Å². The van der Waals surface area contributed by atoms with Crippen molar-refractivity contribution in [2.45, 2.75) is 24.8 Å². The molecule has 1 heterocycles. The first-order valence-electron chi connectivity index (χ1n) is 6.52. The van der Waals surface area contributed by atoms with Gasteiger partial charge in [-0.15, -0.1) is 18.3 Å². The number of aliphatic carboxylic acids is 1. The Balaban J connectivity index is 2.41. The Kier molecular flexibility index (Phi) is 4.57. The van der Waals surface area contributed by atoms with Crippen molar-refractivity contribution in [3.8, 4) is 5.75 Å². The number of aromatic hydroxyl groups is 1. The Morgan fingerprint density at radius 3 is 2.81 bits per heavy atom. The van der Waals surface area contributed by atoms with E-state index >= 15 is 0 Å². The van der Waals surface area contributed by atoms with E-state index < -0.39 is 17.4 Å². The number of hydrogen-bond acceptors (Lipinski definition) is 4. The second kappa shape index (κ2) is 6.22. The summed E-state index contributed by atoms with van der Waals surface area (Å²) in [6.45, 7) is 4.99. The van der Waals surface area contributed by atoms with E-state index in [0.717, 1.165) is 0 Å². The van der Waals surface area contributed by atoms with Crippen molar-refractivity contribution >= 4 is 23.6 Å². The van der Waals surface area contributed by atoms with Crippen molar-refractivity contribution in [3.63, 3.8) is 0 Å². The first-order chi connectivity index (χ1) is 9.97. The summed E-state index contributed by atoms with van der Waals surface area (Å²) in [5.74, 6) is -0.926. The molecule has 0 bridgehead atoms. The van der Waals surface area contributed by atoms with Crippen LogP contribution in [0.3, 0.4) is 0 Å². The summed E-state index contributed by atoms with van der Waals surface area (Å²) in [5.41, 5.74) is 1.28. The van der Waals surface area contributed by atoms with Gasteiger partial charge in [0.05, 0.1) is 0 Å². The summed E-state index contributed by atoms with van der Waals surface area (Å²) in [7, 11) is 0. The van der Waals surface area contributed by atoms with E-state index in [-0.39, 0.29) is 11.7 Å². The fraction of sp³-hybridized carbons (Fsp3) is 0.333. The molecule has 6 heteroatoms. The van der Waals surface area contributed by atoms with Crippen LogP contribution in [0.4, 0.5) is 0 Å². The average Bonchev–Trinajstić information content (AvgIpc) is 2.86. The van der Waals surface area contributed by atoms with Crippen LogP contribution < -0.4 is 0 Å². The molecule has 1 amide bonds. The molecule has 0 aromatic heterocycles. The number of thioether (sulfide) groups is 1. The molecule has 1 saturated heterocycles. The van der Waals surface area contributed by atoms with Crippen LogP contribution in [0.2, 0.25) is 0 Å². The lowest BCUT2D eigenvalue weighted by atomic mass is 10.0. The molecule has 1 aromatic carbocycles. The van der Waals surface area contributed by atoms with Crippen LogP contribution in [0, 0.1) is 0 Å². The third-order valence-electron chi connectivity index (χ3n) is 3.43. The summed E-state index contributed by atoms with van der Waals surface area (Å²) in [6, 6.07) is 4.44. The number of carbonyl (C=O) groups is 2. The zero-order valence-corrected chi connectivity index (χ0v) is 12.5. The number of benzene rings is 1. The van der Waals surface area contributed by atoms with Crippen molar-refractivity contribution in [1.29, 1.82) is 0 Å². The highest BCUT2D eigenvalue weighted by Gasteiger charge is 2.42. The zero-order valence-electron chi connectivity index (χ0n) is 11.7. The number of nitrogens with zero attached hydrogens (tertiary/aromatic N) is 1. The summed E-state index contributed by atoms with van der Waals surface area (Å²) < 4.78 is 0. The Hall–Kier alpha value is -1.95. The molecule has 1 fully saturated rings. The second-order valence-electron chi connectivity index (χ2n) is 4.81. The minimum absolute atomic E-state index is 0.104. The third kappa shape index (κ3) is 2.90. The number of carbonyl (C=O) groups excluding carboxylic acids is 1. The first kappa shape index (κ1) is 15.4. The number of carboxylic acid groups (broad SMARTS) is 1. The molecule has 21 heavy (non-hydrogen) atoms. The van der Waals surface area contributed by atoms with E-state index in [1.807, 2.05) is 0 Å². The Morgan fingerprint density at radius 1 is 1.52 bits per heavy atom. The molecule has 112 valence electrons. The maximum atomic E-state index is 11.8. The third-order valence-corrected chi connectivity index (χ3v) is 4.74. The fourth-order valence-electron chi connectivity index (χ4n) is 2.45. The predicted molar refractivity (Wildman–Crippen MR) is 81.2 cm³/mol. The lowest BCUT2D eigenvalue weighted by Crippen LogP contribution is -2.41. The van der Waals surface area contributed by atoms with E-state index in [4.69, 9.17) is 0 Å². The molecular formula is C15H17NO4S. The number of rotatable bonds is 4. The number of phenols is 1. The molecule has 0 aliphatic carbocycles. The van der Waals surface area contributed by atoms with Crippen LogP contribution in [-0.4, -0.2) is 38.8 Å². The minimum atomic E-state index is -1.03. The standard InChI is InChI=1S/C15H17NO4S/c1-3-5-10-6-4-7-11(13(10)18)14-16(9(2)17)12(8-21-14)15(19)20/h3-4,6-7,12,14,18H,1,5,8H2,2H3,(H,19,20)/t12-,14-/m0/s1. The Morgan fingerprint density at radius 2 is 2.24 bits per heavy atom. The number of amides is 1. The van der Waals surface area contributed by atoms with E-state index in [9.17, 15) is 19.8 Å². The molecule has 5 nitrogen and oxygen atoms in total. The lowest BCUT2D eigenvalue weighted by molar-refractivity contribution is -0.148. The number of allylic oxidation sites excluding steroid dienone is 1. The maximum absolute atomic E-state index is 11.8. The quantitative estimate of drug-likeness (QED) is 0.834. The van der Waals surface area contributed by atoms with E-state index in [1.54, 1.807) is 24.3 Å². The number of carboxylic acids is 1. The number of para-hydroxylation sites is 1. The van der Waals surface area contributed by atoms with Gasteiger partial charge in [-0.05, 0) is 12.0 Å². The van der Waals surface area contributed by atoms with Gasteiger partial charge in [-0.2, -0.15) is 0 Å². The summed E-state index contributed by atoms with van der Waals surface area (Å²) in [6.07, 6.45) is 2.20. The minimum Gasteiger partial charge on any atom is -0.507 e. The van der Waals surface area contributed by atoms with E-state index in [1.165, 1.54) is 23.6 Å². The smallest absolute Gasteiger partial charge is 0.327 e. The predicted octanol–water partition coefficient (Wildman–Crippen LogP) is 2.17. The van der Waals surface area contributed by atoms with Gasteiger partial charge in [0.25, 0.3) is 0 Å². The molecule has 1 aliphatic rings. The molecule has 0 unspecified atom stereocenters. The molecule has 0 spiro atoms. The second-order valence-corrected chi connectivity index (χ2v) is 5.93. The summed E-state index contributed by atoms with van der Waals surface area (Å²) in [5, 5.41) is 19.1. The van der Waals surface area contributed by atoms with Crippen LogP contribution >= 0.6 is 11.8 Å². The summed E-state index contributed by atoms with van der Waals surface area (Å²) in [4.78, 5) is 24.4. The highest BCUT2D eigenvalue weighted by Crippen LogP contribution is 2.45. The van der Waals surface area contributed by atoms with Crippen molar-refractivity contribution in [2.75, 3.05) is 5.75 Å². The van der Waals surface area contributed by atoms with Crippen molar-refractivity contribution in [1.82, 2.24) is 4.90 Å². The molecule has 1 aromatic rings. The molecular weight excluding hydrogens is 290 g/mol. The monoisotopic (exact) mass is 307 g/mol. The van der Waals surface area contributed by atoms with E-state index in [0.29, 0.717) is 23.3 Å². The number of phenolic OH excluding ortho intramolecular Hbond substituents is 1. The molecule has 2 atom stereocenters. The van der Waals surface area contributed by atoms with Crippen LogP contribution in [-0.2, 0) is 16.0 Å². The maximum Gasteiger partial charge on any atom is 0.327 e. The van der Waals surface area contributed by atoms with Gasteiger partial charge >= 0.3 is 5.97 Å². The lowest BCUT2D eigenvalue weighted by Gasteiger charge is -2.27. The van der Waals surface area contributed by atoms with Crippen LogP contribution in [0.1, 0.15) is 23.4 Å². The van der Waals surface area contributed by atoms with Gasteiger partial charge in [0.15, 0.2) is 0 Å². The van der Waals surface area contributed by atoms with Crippen molar-refractivity contribution < 1.29 is 19.8 Å². The van der Waals surface area contributed by atoms with Crippen LogP contribution in [0.5, 0.6) is 5.75 Å². The average molecular weight is 307 g/mol. The molecule has 1 aliphatic heterocycles. The van der Waals surface area contributed by atoms with Gasteiger partial charge in [0.1, 0.15) is 17.2 Å². The van der Waals surface area contributed by atoms with Crippen molar-refractivity contribution in [3.05, 3.63) is 42.0 Å². The van der Waals surface area contributed by atoms with Gasteiger partial charge in [0.2, 0.25) is 5.91 Å². The van der Waals surface area contributed by atoms with Gasteiger partial charge in [-0.25, -0.2) is 4.79 Å². The van der Waals surface area contributed by atoms with Crippen molar-refractivity contribution in [2.24, 2.45) is 0 Å². The van der Waals surface area contributed by atoms with Gasteiger partial charge in [0, 0.05) is 18.2 Å². The molecule has 0 radical (unpaired) electrons. The Bertz CT molecular complexity index is 587. The van der Waals surface area contributed by atoms with Gasteiger partial charge in [-0.3, -0.25) is 4.79 Å². The largest absolute Gasteiger partial charge is 0.507 e. The highest BCUT2D eigenvalue weighted by atomic mass is 32.2. The fourth-order valence-corrected chi connectivity index (χ4v) is 3.94. The van der Waals surface area contributed by atoms with Crippen LogP contribution in [0.25, 0.3) is 0 Å². The SMILES string of the molecule is C=CCc1cccc([C@@H]2SC[C@@H](C(=O)O)N2C(C)=O)c1O. The van der Waals surface area contributed by atoms with Gasteiger partial charge < -0.3 is 15.1 Å².